The van der Waals surface area contributed by atoms with Crippen LogP contribution < -0.4 is 9.47 Å². The molecule has 0 amide bonds. The van der Waals surface area contributed by atoms with E-state index in [0.717, 1.165) is 22.2 Å². The highest BCUT2D eigenvalue weighted by Crippen LogP contribution is 2.34. The molecule has 0 saturated heterocycles. The largest absolute Gasteiger partial charge is 0.497 e. The van der Waals surface area contributed by atoms with E-state index in [9.17, 15) is 0 Å². The van der Waals surface area contributed by atoms with Gasteiger partial charge in [-0.25, -0.2) is 0 Å². The molecule has 0 aromatic heterocycles. The van der Waals surface area contributed by atoms with Crippen molar-refractivity contribution < 1.29 is 9.47 Å². The van der Waals surface area contributed by atoms with Gasteiger partial charge in [-0.3, -0.25) is 0 Å². The topological polar surface area (TPSA) is 18.5 Å². The van der Waals surface area contributed by atoms with E-state index < -0.39 is 0 Å². The van der Waals surface area contributed by atoms with Crippen molar-refractivity contribution in [2.45, 2.75) is 10.7 Å². The zero-order valence-corrected chi connectivity index (χ0v) is 14.6. The third kappa shape index (κ3) is 3.18. The van der Waals surface area contributed by atoms with Crippen LogP contribution in [0.1, 0.15) is 11.1 Å². The van der Waals surface area contributed by atoms with Crippen LogP contribution in [0.4, 0.5) is 0 Å². The molecule has 2 rings (SSSR count). The molecule has 0 unspecified atom stereocenters. The molecule has 20 heavy (non-hydrogen) atoms. The van der Waals surface area contributed by atoms with E-state index in [4.69, 9.17) is 9.47 Å². The molecule has 0 saturated carbocycles. The van der Waals surface area contributed by atoms with Gasteiger partial charge >= 0.3 is 0 Å². The molecule has 0 heterocycles. The van der Waals surface area contributed by atoms with Gasteiger partial charge in [-0.05, 0) is 46.5 Å². The van der Waals surface area contributed by atoms with E-state index >= 15 is 0 Å². The average molecular weight is 400 g/mol. The van der Waals surface area contributed by atoms with Crippen LogP contribution in [0, 0.1) is 0 Å². The maximum atomic E-state index is 5.29. The van der Waals surface area contributed by atoms with Crippen LogP contribution in [0.5, 0.6) is 11.5 Å². The lowest BCUT2D eigenvalue weighted by Gasteiger charge is -2.14. The lowest BCUT2D eigenvalue weighted by Crippen LogP contribution is -1.94. The van der Waals surface area contributed by atoms with Gasteiger partial charge in [0.15, 0.2) is 0 Å². The Morgan fingerprint density at radius 2 is 1.15 bits per heavy atom. The van der Waals surface area contributed by atoms with Gasteiger partial charge in [0.1, 0.15) is 11.5 Å². The SMILES string of the molecule is COc1ccc(-c2ccc(OC)cc2CBr)c(CBr)c1. The number of methoxy groups -OCH3 is 2. The Morgan fingerprint density at radius 1 is 0.750 bits per heavy atom. The highest BCUT2D eigenvalue weighted by atomic mass is 79.9. The summed E-state index contributed by atoms with van der Waals surface area (Å²) in [4.78, 5) is 0. The first-order valence-electron chi connectivity index (χ1n) is 6.19. The van der Waals surface area contributed by atoms with Gasteiger partial charge in [-0.2, -0.15) is 0 Å². The van der Waals surface area contributed by atoms with Crippen molar-refractivity contribution in [3.05, 3.63) is 47.5 Å². The van der Waals surface area contributed by atoms with E-state index in [1.165, 1.54) is 22.3 Å². The summed E-state index contributed by atoms with van der Waals surface area (Å²) >= 11 is 7.10. The molecule has 0 atom stereocenters. The van der Waals surface area contributed by atoms with Crippen molar-refractivity contribution in [1.29, 1.82) is 0 Å². The summed E-state index contributed by atoms with van der Waals surface area (Å²) in [7, 11) is 3.37. The molecular weight excluding hydrogens is 384 g/mol. The van der Waals surface area contributed by atoms with Gasteiger partial charge in [0.2, 0.25) is 0 Å². The second-order valence-electron chi connectivity index (χ2n) is 4.31. The van der Waals surface area contributed by atoms with Gasteiger partial charge < -0.3 is 9.47 Å². The number of hydrogen-bond donors (Lipinski definition) is 0. The fourth-order valence-electron chi connectivity index (χ4n) is 2.14. The summed E-state index contributed by atoms with van der Waals surface area (Å²) in [5, 5.41) is 1.57. The molecule has 4 heteroatoms. The fraction of sp³-hybridized carbons (Fsp3) is 0.250. The van der Waals surface area contributed by atoms with Crippen LogP contribution in [0.25, 0.3) is 11.1 Å². The average Bonchev–Trinajstić information content (AvgIpc) is 2.53. The number of benzene rings is 2. The quantitative estimate of drug-likeness (QED) is 0.646. The van der Waals surface area contributed by atoms with Crippen molar-refractivity contribution in [1.82, 2.24) is 0 Å². The number of alkyl halides is 2. The minimum Gasteiger partial charge on any atom is -0.497 e. The summed E-state index contributed by atoms with van der Waals surface area (Å²) < 4.78 is 10.6. The number of halogens is 2. The van der Waals surface area contributed by atoms with Gasteiger partial charge in [-0.1, -0.05) is 44.0 Å². The smallest absolute Gasteiger partial charge is 0.119 e. The molecule has 2 nitrogen and oxygen atoms in total. The molecule has 0 bridgehead atoms. The zero-order valence-electron chi connectivity index (χ0n) is 11.5. The van der Waals surface area contributed by atoms with E-state index in [1.54, 1.807) is 14.2 Å². The Labute approximate surface area is 136 Å². The van der Waals surface area contributed by atoms with E-state index in [0.29, 0.717) is 0 Å². The van der Waals surface area contributed by atoms with Gasteiger partial charge in [0, 0.05) is 10.7 Å². The molecular formula is C16H16Br2O2. The molecule has 0 aliphatic carbocycles. The van der Waals surface area contributed by atoms with Crippen LogP contribution >= 0.6 is 31.9 Å². The number of hydrogen-bond acceptors (Lipinski definition) is 2. The minimum absolute atomic E-state index is 0.785. The van der Waals surface area contributed by atoms with Gasteiger partial charge in [-0.15, -0.1) is 0 Å². The lowest BCUT2D eigenvalue weighted by atomic mass is 9.96. The van der Waals surface area contributed by atoms with Crippen molar-refractivity contribution >= 4 is 31.9 Å². The highest BCUT2D eigenvalue weighted by Gasteiger charge is 2.11. The van der Waals surface area contributed by atoms with E-state index in [1.807, 2.05) is 12.1 Å². The summed E-state index contributed by atoms with van der Waals surface area (Å²) in [5.41, 5.74) is 4.83. The first kappa shape index (κ1) is 15.4. The normalized spacial score (nSPS) is 10.4. The third-order valence-corrected chi connectivity index (χ3v) is 4.41. The third-order valence-electron chi connectivity index (χ3n) is 3.20. The summed E-state index contributed by atoms with van der Waals surface area (Å²) in [6.07, 6.45) is 0. The predicted octanol–water partition coefficient (Wildman–Crippen LogP) is 5.16. The minimum atomic E-state index is 0.785. The first-order chi connectivity index (χ1) is 9.73. The molecule has 106 valence electrons. The highest BCUT2D eigenvalue weighted by molar-refractivity contribution is 9.08. The predicted molar refractivity (Wildman–Crippen MR) is 90.2 cm³/mol. The zero-order chi connectivity index (χ0) is 14.5. The van der Waals surface area contributed by atoms with Crippen LogP contribution in [-0.2, 0) is 10.7 Å². The van der Waals surface area contributed by atoms with Gasteiger partial charge in [0.25, 0.3) is 0 Å². The number of ether oxygens (including phenoxy) is 2. The van der Waals surface area contributed by atoms with E-state index in [-0.39, 0.29) is 0 Å². The second kappa shape index (κ2) is 7.14. The Kier molecular flexibility index (Phi) is 5.49. The lowest BCUT2D eigenvalue weighted by molar-refractivity contribution is 0.414. The first-order valence-corrected chi connectivity index (χ1v) is 8.44. The van der Waals surface area contributed by atoms with Crippen molar-refractivity contribution in [2.75, 3.05) is 14.2 Å². The van der Waals surface area contributed by atoms with E-state index in [2.05, 4.69) is 56.1 Å². The fourth-order valence-corrected chi connectivity index (χ4v) is 3.07. The standard InChI is InChI=1S/C16H16Br2O2/c1-19-13-3-5-15(11(7-13)9-17)16-6-4-14(20-2)8-12(16)10-18/h3-8H,9-10H2,1-2H3. The van der Waals surface area contributed by atoms with Crippen molar-refractivity contribution in [3.8, 4) is 22.6 Å². The van der Waals surface area contributed by atoms with Crippen LogP contribution in [0.15, 0.2) is 36.4 Å². The number of rotatable bonds is 5. The van der Waals surface area contributed by atoms with Crippen molar-refractivity contribution in [2.24, 2.45) is 0 Å². The Morgan fingerprint density at radius 3 is 1.45 bits per heavy atom. The Balaban J connectivity index is 2.55. The maximum Gasteiger partial charge on any atom is 0.119 e. The molecule has 0 aliphatic rings. The Hall–Kier alpha value is -1.00. The summed E-state index contributed by atoms with van der Waals surface area (Å²) in [5.74, 6) is 1.74. The maximum absolute atomic E-state index is 5.29. The van der Waals surface area contributed by atoms with Crippen LogP contribution in [0.3, 0.4) is 0 Å². The molecule has 0 aliphatic heterocycles. The van der Waals surface area contributed by atoms with Crippen molar-refractivity contribution in [3.63, 3.8) is 0 Å². The van der Waals surface area contributed by atoms with Crippen LogP contribution in [-0.4, -0.2) is 14.2 Å². The van der Waals surface area contributed by atoms with Crippen LogP contribution in [0.2, 0.25) is 0 Å². The second-order valence-corrected chi connectivity index (χ2v) is 5.43. The molecule has 0 N–H and O–H groups in total. The molecule has 0 radical (unpaired) electrons. The molecule has 0 fully saturated rings. The monoisotopic (exact) mass is 398 g/mol. The molecule has 0 spiro atoms. The summed E-state index contributed by atoms with van der Waals surface area (Å²) in [6.45, 7) is 0. The molecule has 2 aromatic carbocycles. The molecule has 2 aromatic rings. The Bertz CT molecular complexity index is 544. The summed E-state index contributed by atoms with van der Waals surface area (Å²) in [6, 6.07) is 12.3. The van der Waals surface area contributed by atoms with Gasteiger partial charge in [0.05, 0.1) is 14.2 Å².